The molecule has 1 aromatic heterocycles. The second-order valence-electron chi connectivity index (χ2n) is 5.56. The van der Waals surface area contributed by atoms with Crippen molar-refractivity contribution >= 4 is 0 Å². The predicted molar refractivity (Wildman–Crippen MR) is 71.9 cm³/mol. The van der Waals surface area contributed by atoms with Crippen LogP contribution in [0.1, 0.15) is 31.9 Å². The summed E-state index contributed by atoms with van der Waals surface area (Å²) in [4.78, 5) is 3.34. The summed E-state index contributed by atoms with van der Waals surface area (Å²) in [6.45, 7) is 8.87. The highest BCUT2D eigenvalue weighted by Gasteiger charge is 2.17. The van der Waals surface area contributed by atoms with Gasteiger partial charge in [-0.3, -0.25) is 0 Å². The molecule has 1 heterocycles. The molecule has 0 bridgehead atoms. The number of aromatic amines is 1. The number of halogens is 1. The Balaban J connectivity index is 0.00000162. The Morgan fingerprint density at radius 1 is 1.00 bits per heavy atom. The molecule has 0 aliphatic rings. The topological polar surface area (TPSA) is 14.1 Å². The van der Waals surface area contributed by atoms with Crippen molar-refractivity contribution in [1.29, 1.82) is 0 Å². The smallest absolute Gasteiger partial charge is 0.211 e. The Bertz CT molecular complexity index is 527. The van der Waals surface area contributed by atoms with Crippen molar-refractivity contribution < 1.29 is 29.0 Å². The van der Waals surface area contributed by atoms with Gasteiger partial charge in [0.15, 0.2) is 6.20 Å². The van der Waals surface area contributed by atoms with E-state index in [-0.39, 0.29) is 29.4 Å². The van der Waals surface area contributed by atoms with Gasteiger partial charge in [0.05, 0.1) is 0 Å². The number of benzene rings is 1. The van der Waals surface area contributed by atoms with E-state index >= 15 is 0 Å². The lowest BCUT2D eigenvalue weighted by Gasteiger charge is -2.18. The Labute approximate surface area is 127 Å². The molecule has 0 spiro atoms. The monoisotopic (exact) mass is 353 g/mol. The van der Waals surface area contributed by atoms with E-state index in [9.17, 15) is 0 Å². The molecule has 2 rings (SSSR count). The molecular weight excluding hydrogens is 333 g/mol. The van der Waals surface area contributed by atoms with E-state index < -0.39 is 0 Å². The average molecular weight is 353 g/mol. The summed E-state index contributed by atoms with van der Waals surface area (Å²) in [6, 6.07) is 12.9. The fourth-order valence-corrected chi connectivity index (χ4v) is 1.96. The van der Waals surface area contributed by atoms with Gasteiger partial charge in [0.2, 0.25) is 5.69 Å². The molecule has 0 fully saturated rings. The lowest BCUT2D eigenvalue weighted by atomic mass is 9.86. The van der Waals surface area contributed by atoms with Gasteiger partial charge in [-0.25, -0.2) is 4.98 Å². The summed E-state index contributed by atoms with van der Waals surface area (Å²) in [5, 5.41) is 0. The van der Waals surface area contributed by atoms with Crippen LogP contribution in [0.15, 0.2) is 42.6 Å². The van der Waals surface area contributed by atoms with Gasteiger partial charge in [0.25, 0.3) is 0 Å². The summed E-state index contributed by atoms with van der Waals surface area (Å²) in [5.41, 5.74) is 5.31. The number of H-pyrrole nitrogens is 1. The second kappa shape index (κ2) is 5.83. The highest BCUT2D eigenvalue weighted by molar-refractivity contribution is 5.61. The van der Waals surface area contributed by atoms with Crippen molar-refractivity contribution in [1.82, 2.24) is 0 Å². The standard InChI is InChI=1S/C16H19N.HI/c1-12-7-5-6-8-14(12)15-11-13(9-10-17-15)16(2,3)4;/h5-11H,1-4H3;1H. The van der Waals surface area contributed by atoms with Gasteiger partial charge < -0.3 is 24.0 Å². The largest absolute Gasteiger partial charge is 1.00 e. The lowest BCUT2D eigenvalue weighted by Crippen LogP contribution is -3.00. The molecule has 0 unspecified atom stereocenters. The van der Waals surface area contributed by atoms with Crippen molar-refractivity contribution in [2.24, 2.45) is 0 Å². The first-order valence-electron chi connectivity index (χ1n) is 6.07. The van der Waals surface area contributed by atoms with Crippen molar-refractivity contribution in [2.75, 3.05) is 0 Å². The zero-order valence-electron chi connectivity index (χ0n) is 11.4. The summed E-state index contributed by atoms with van der Waals surface area (Å²) in [5.74, 6) is 0. The van der Waals surface area contributed by atoms with Crippen LogP contribution < -0.4 is 29.0 Å². The van der Waals surface area contributed by atoms with Crippen LogP contribution in [0.3, 0.4) is 0 Å². The summed E-state index contributed by atoms with van der Waals surface area (Å²) >= 11 is 0. The van der Waals surface area contributed by atoms with Crippen molar-refractivity contribution in [3.05, 3.63) is 53.7 Å². The molecule has 0 aliphatic heterocycles. The van der Waals surface area contributed by atoms with Gasteiger partial charge in [-0.05, 0) is 29.5 Å². The third kappa shape index (κ3) is 3.31. The van der Waals surface area contributed by atoms with Gasteiger partial charge in [-0.1, -0.05) is 39.0 Å². The van der Waals surface area contributed by atoms with E-state index in [0.29, 0.717) is 0 Å². The lowest BCUT2D eigenvalue weighted by molar-refractivity contribution is -0.364. The van der Waals surface area contributed by atoms with Crippen LogP contribution in [0, 0.1) is 6.92 Å². The first-order chi connectivity index (χ1) is 7.98. The fourth-order valence-electron chi connectivity index (χ4n) is 1.96. The number of aromatic nitrogens is 1. The number of pyridine rings is 1. The van der Waals surface area contributed by atoms with Crippen LogP contribution in [-0.2, 0) is 5.41 Å². The van der Waals surface area contributed by atoms with Crippen molar-refractivity contribution in [2.45, 2.75) is 33.1 Å². The normalized spacial score (nSPS) is 10.9. The number of hydrogen-bond acceptors (Lipinski definition) is 0. The van der Waals surface area contributed by atoms with E-state index in [1.165, 1.54) is 22.4 Å². The minimum Gasteiger partial charge on any atom is -1.00 e. The molecular formula is C16H20IN. The third-order valence-corrected chi connectivity index (χ3v) is 3.10. The van der Waals surface area contributed by atoms with Gasteiger partial charge in [0, 0.05) is 17.7 Å². The number of aryl methyl sites for hydroxylation is 1. The Kier molecular flexibility index (Phi) is 4.91. The number of rotatable bonds is 1. The molecule has 0 radical (unpaired) electrons. The van der Waals surface area contributed by atoms with E-state index in [1.54, 1.807) is 0 Å². The number of nitrogens with one attached hydrogen (secondary N) is 1. The van der Waals surface area contributed by atoms with Crippen LogP contribution in [0.2, 0.25) is 0 Å². The predicted octanol–water partition coefficient (Wildman–Crippen LogP) is 0.778. The molecule has 0 saturated carbocycles. The Hall–Kier alpha value is -0.900. The molecule has 0 saturated heterocycles. The summed E-state index contributed by atoms with van der Waals surface area (Å²) in [6.07, 6.45) is 2.03. The Morgan fingerprint density at radius 3 is 2.28 bits per heavy atom. The summed E-state index contributed by atoms with van der Waals surface area (Å²) in [7, 11) is 0. The Morgan fingerprint density at radius 2 is 1.67 bits per heavy atom. The molecule has 2 aromatic rings. The zero-order valence-corrected chi connectivity index (χ0v) is 13.6. The first-order valence-corrected chi connectivity index (χ1v) is 6.07. The average Bonchev–Trinajstić information content (AvgIpc) is 2.29. The van der Waals surface area contributed by atoms with E-state index in [0.717, 1.165) is 0 Å². The first kappa shape index (κ1) is 15.2. The van der Waals surface area contributed by atoms with Crippen LogP contribution in [0.25, 0.3) is 11.3 Å². The molecule has 96 valence electrons. The molecule has 18 heavy (non-hydrogen) atoms. The highest BCUT2D eigenvalue weighted by Crippen LogP contribution is 2.25. The fraction of sp³-hybridized carbons (Fsp3) is 0.312. The molecule has 1 nitrogen and oxygen atoms in total. The zero-order chi connectivity index (χ0) is 12.5. The second-order valence-corrected chi connectivity index (χ2v) is 5.56. The minimum atomic E-state index is 0. The minimum absolute atomic E-state index is 0. The van der Waals surface area contributed by atoms with Gasteiger partial charge in [0.1, 0.15) is 0 Å². The van der Waals surface area contributed by atoms with E-state index in [2.05, 4.69) is 69.1 Å². The maximum Gasteiger partial charge on any atom is 0.211 e. The molecule has 0 amide bonds. The van der Waals surface area contributed by atoms with Gasteiger partial charge in [-0.15, -0.1) is 0 Å². The van der Waals surface area contributed by atoms with Crippen LogP contribution in [0.5, 0.6) is 0 Å². The third-order valence-electron chi connectivity index (χ3n) is 3.10. The van der Waals surface area contributed by atoms with E-state index in [1.807, 2.05) is 6.20 Å². The van der Waals surface area contributed by atoms with Crippen LogP contribution in [0.4, 0.5) is 0 Å². The van der Waals surface area contributed by atoms with Crippen molar-refractivity contribution in [3.63, 3.8) is 0 Å². The van der Waals surface area contributed by atoms with Crippen molar-refractivity contribution in [3.8, 4) is 11.3 Å². The molecule has 0 aliphatic carbocycles. The van der Waals surface area contributed by atoms with Crippen LogP contribution >= 0.6 is 0 Å². The van der Waals surface area contributed by atoms with E-state index in [4.69, 9.17) is 0 Å². The molecule has 1 N–H and O–H groups in total. The number of hydrogen-bond donors (Lipinski definition) is 0. The van der Waals surface area contributed by atoms with Gasteiger partial charge in [-0.2, -0.15) is 0 Å². The SMILES string of the molecule is Cc1ccccc1-c1cc(C(C)(C)C)cc[nH+]1.[I-]. The maximum atomic E-state index is 3.34. The van der Waals surface area contributed by atoms with Gasteiger partial charge >= 0.3 is 0 Å². The maximum absolute atomic E-state index is 3.34. The molecule has 0 atom stereocenters. The quantitative estimate of drug-likeness (QED) is 0.673. The summed E-state index contributed by atoms with van der Waals surface area (Å²) < 4.78 is 0. The molecule has 1 aromatic carbocycles. The molecule has 2 heteroatoms. The van der Waals surface area contributed by atoms with Crippen LogP contribution in [-0.4, -0.2) is 0 Å². The highest BCUT2D eigenvalue weighted by atomic mass is 127.